The Kier molecular flexibility index (Phi) is 2.33. The minimum absolute atomic E-state index is 0.485. The van der Waals surface area contributed by atoms with Crippen LogP contribution in [0.25, 0.3) is 5.69 Å². The minimum atomic E-state index is 0.485. The van der Waals surface area contributed by atoms with E-state index in [-0.39, 0.29) is 0 Å². The number of aryl methyl sites for hydroxylation is 1. The fourth-order valence-corrected chi connectivity index (χ4v) is 1.40. The van der Waals surface area contributed by atoms with E-state index >= 15 is 0 Å². The highest BCUT2D eigenvalue weighted by atomic mass is 15.0. The van der Waals surface area contributed by atoms with Crippen molar-refractivity contribution >= 4 is 0 Å². The van der Waals surface area contributed by atoms with Crippen LogP contribution in [0.1, 0.15) is 11.3 Å². The van der Waals surface area contributed by atoms with Gasteiger partial charge in [-0.25, -0.2) is 4.98 Å². The Hall–Kier alpha value is -1.61. The van der Waals surface area contributed by atoms with Gasteiger partial charge in [-0.2, -0.15) is 0 Å². The van der Waals surface area contributed by atoms with Crippen molar-refractivity contribution in [3.8, 4) is 5.69 Å². The van der Waals surface area contributed by atoms with Crippen molar-refractivity contribution < 1.29 is 0 Å². The molecule has 72 valence electrons. The van der Waals surface area contributed by atoms with Crippen LogP contribution in [0.15, 0.2) is 36.8 Å². The van der Waals surface area contributed by atoms with Crippen molar-refractivity contribution in [2.24, 2.45) is 5.73 Å². The number of nitrogens with zero attached hydrogens (tertiary/aromatic N) is 2. The molecule has 0 aliphatic carbocycles. The third-order valence-corrected chi connectivity index (χ3v) is 2.15. The molecule has 1 aromatic carbocycles. The van der Waals surface area contributed by atoms with E-state index in [0.717, 1.165) is 11.4 Å². The summed E-state index contributed by atoms with van der Waals surface area (Å²) in [4.78, 5) is 4.18. The summed E-state index contributed by atoms with van der Waals surface area (Å²) in [5.74, 6) is 0. The Balaban J connectivity index is 2.39. The Labute approximate surface area is 83.2 Å². The zero-order valence-corrected chi connectivity index (χ0v) is 8.14. The van der Waals surface area contributed by atoms with E-state index in [0.29, 0.717) is 6.54 Å². The van der Waals surface area contributed by atoms with Crippen molar-refractivity contribution in [1.82, 2.24) is 9.55 Å². The highest BCUT2D eigenvalue weighted by Gasteiger charge is 1.98. The van der Waals surface area contributed by atoms with E-state index < -0.39 is 0 Å². The molecule has 0 aliphatic rings. The lowest BCUT2D eigenvalue weighted by molar-refractivity contribution is 1.01. The van der Waals surface area contributed by atoms with Crippen LogP contribution in [0.4, 0.5) is 0 Å². The largest absolute Gasteiger partial charge is 0.325 e. The molecular weight excluding hydrogens is 174 g/mol. The van der Waals surface area contributed by atoms with Crippen LogP contribution in [0.5, 0.6) is 0 Å². The summed E-state index contributed by atoms with van der Waals surface area (Å²) in [7, 11) is 0. The normalized spacial score (nSPS) is 10.4. The van der Waals surface area contributed by atoms with Crippen LogP contribution < -0.4 is 5.73 Å². The van der Waals surface area contributed by atoms with Crippen LogP contribution in [0.3, 0.4) is 0 Å². The number of benzene rings is 1. The van der Waals surface area contributed by atoms with Gasteiger partial charge in [-0.1, -0.05) is 12.1 Å². The summed E-state index contributed by atoms with van der Waals surface area (Å²) in [5.41, 5.74) is 8.77. The molecule has 3 nitrogen and oxygen atoms in total. The monoisotopic (exact) mass is 187 g/mol. The zero-order chi connectivity index (χ0) is 9.97. The number of rotatable bonds is 2. The first-order chi connectivity index (χ1) is 6.79. The van der Waals surface area contributed by atoms with Gasteiger partial charge in [0.1, 0.15) is 0 Å². The molecule has 3 heteroatoms. The highest BCUT2D eigenvalue weighted by Crippen LogP contribution is 2.10. The van der Waals surface area contributed by atoms with Crippen LogP contribution in [-0.2, 0) is 6.54 Å². The second-order valence-electron chi connectivity index (χ2n) is 3.32. The predicted octanol–water partition coefficient (Wildman–Crippen LogP) is 1.64. The molecule has 2 N–H and O–H groups in total. The highest BCUT2D eigenvalue weighted by molar-refractivity contribution is 5.35. The molecule has 0 spiro atoms. The Bertz CT molecular complexity index is 432. The first-order valence-corrected chi connectivity index (χ1v) is 4.59. The molecule has 0 radical (unpaired) electrons. The van der Waals surface area contributed by atoms with Crippen molar-refractivity contribution in [2.75, 3.05) is 0 Å². The summed E-state index contributed by atoms with van der Waals surface area (Å²) in [6, 6.07) is 8.27. The van der Waals surface area contributed by atoms with Crippen LogP contribution in [0, 0.1) is 6.92 Å². The minimum Gasteiger partial charge on any atom is -0.325 e. The van der Waals surface area contributed by atoms with E-state index in [4.69, 9.17) is 5.73 Å². The van der Waals surface area contributed by atoms with E-state index in [1.165, 1.54) is 5.56 Å². The summed E-state index contributed by atoms with van der Waals surface area (Å²) < 4.78 is 1.98. The van der Waals surface area contributed by atoms with Gasteiger partial charge < -0.3 is 10.3 Å². The molecule has 0 bridgehead atoms. The van der Waals surface area contributed by atoms with Gasteiger partial charge in [0, 0.05) is 18.4 Å². The van der Waals surface area contributed by atoms with E-state index in [2.05, 4.69) is 30.1 Å². The lowest BCUT2D eigenvalue weighted by atomic mass is 10.2. The number of imidazole rings is 1. The van der Waals surface area contributed by atoms with Crippen molar-refractivity contribution in [2.45, 2.75) is 13.5 Å². The van der Waals surface area contributed by atoms with Gasteiger partial charge in [-0.3, -0.25) is 0 Å². The Morgan fingerprint density at radius 1 is 1.43 bits per heavy atom. The third-order valence-electron chi connectivity index (χ3n) is 2.15. The summed E-state index contributed by atoms with van der Waals surface area (Å²) in [5, 5.41) is 0. The lowest BCUT2D eigenvalue weighted by Gasteiger charge is -2.01. The quantitative estimate of drug-likeness (QED) is 0.776. The average molecular weight is 187 g/mol. The van der Waals surface area contributed by atoms with Gasteiger partial charge in [-0.05, 0) is 24.6 Å². The Morgan fingerprint density at radius 2 is 2.29 bits per heavy atom. The van der Waals surface area contributed by atoms with Gasteiger partial charge in [0.15, 0.2) is 0 Å². The molecule has 0 saturated heterocycles. The van der Waals surface area contributed by atoms with E-state index in [9.17, 15) is 0 Å². The molecule has 0 saturated carbocycles. The van der Waals surface area contributed by atoms with Crippen molar-refractivity contribution in [3.05, 3.63) is 48.0 Å². The molecule has 0 fully saturated rings. The third kappa shape index (κ3) is 1.67. The first-order valence-electron chi connectivity index (χ1n) is 4.59. The van der Waals surface area contributed by atoms with Crippen LogP contribution in [-0.4, -0.2) is 9.55 Å². The van der Waals surface area contributed by atoms with Gasteiger partial charge in [0.25, 0.3) is 0 Å². The smallest absolute Gasteiger partial charge is 0.0995 e. The van der Waals surface area contributed by atoms with Crippen LogP contribution >= 0.6 is 0 Å². The molecule has 14 heavy (non-hydrogen) atoms. The topological polar surface area (TPSA) is 43.8 Å². The van der Waals surface area contributed by atoms with Crippen molar-refractivity contribution in [3.63, 3.8) is 0 Å². The maximum absolute atomic E-state index is 5.50. The number of aromatic nitrogens is 2. The molecular formula is C11H13N3. The van der Waals surface area contributed by atoms with Gasteiger partial charge in [-0.15, -0.1) is 0 Å². The average Bonchev–Trinajstić information content (AvgIpc) is 2.66. The maximum Gasteiger partial charge on any atom is 0.0995 e. The lowest BCUT2D eigenvalue weighted by Crippen LogP contribution is -1.95. The second-order valence-corrected chi connectivity index (χ2v) is 3.32. The second kappa shape index (κ2) is 3.64. The molecule has 0 amide bonds. The summed E-state index contributed by atoms with van der Waals surface area (Å²) in [6.07, 6.45) is 3.74. The summed E-state index contributed by atoms with van der Waals surface area (Å²) >= 11 is 0. The number of hydrogen-bond acceptors (Lipinski definition) is 2. The molecule has 1 heterocycles. The van der Waals surface area contributed by atoms with Crippen LogP contribution in [0.2, 0.25) is 0 Å². The molecule has 0 aliphatic heterocycles. The van der Waals surface area contributed by atoms with Gasteiger partial charge in [0.05, 0.1) is 12.0 Å². The van der Waals surface area contributed by atoms with E-state index in [1.54, 1.807) is 6.33 Å². The van der Waals surface area contributed by atoms with Gasteiger partial charge >= 0.3 is 0 Å². The van der Waals surface area contributed by atoms with Gasteiger partial charge in [0.2, 0.25) is 0 Å². The number of hydrogen-bond donors (Lipinski definition) is 1. The molecule has 0 unspecified atom stereocenters. The first kappa shape index (κ1) is 8.97. The molecule has 1 aromatic heterocycles. The Morgan fingerprint density at radius 3 is 2.93 bits per heavy atom. The number of nitrogens with two attached hydrogens (primary N) is 1. The van der Waals surface area contributed by atoms with Crippen molar-refractivity contribution in [1.29, 1.82) is 0 Å². The van der Waals surface area contributed by atoms with E-state index in [1.807, 2.05) is 16.8 Å². The molecule has 2 rings (SSSR count). The summed E-state index contributed by atoms with van der Waals surface area (Å²) in [6.45, 7) is 2.56. The molecule has 2 aromatic rings. The fourth-order valence-electron chi connectivity index (χ4n) is 1.40. The molecule has 0 atom stereocenters. The SMILES string of the molecule is Cc1cccc(-n2cnc(CN)c2)c1. The standard InChI is InChI=1S/C11H13N3/c1-9-3-2-4-11(5-9)14-7-10(6-12)13-8-14/h2-5,7-8H,6,12H2,1H3. The predicted molar refractivity (Wildman–Crippen MR) is 56.2 cm³/mol. The zero-order valence-electron chi connectivity index (χ0n) is 8.14. The maximum atomic E-state index is 5.50. The fraction of sp³-hybridized carbons (Fsp3) is 0.182.